The monoisotopic (exact) mass is 334 g/mol. The molecule has 0 amide bonds. The van der Waals surface area contributed by atoms with Crippen molar-refractivity contribution in [1.82, 2.24) is 24.8 Å². The zero-order valence-electron chi connectivity index (χ0n) is 11.4. The van der Waals surface area contributed by atoms with E-state index in [0.717, 1.165) is 5.16 Å². The van der Waals surface area contributed by atoms with Gasteiger partial charge in [-0.2, -0.15) is 0 Å². The summed E-state index contributed by atoms with van der Waals surface area (Å²) in [5, 5.41) is 12.8. The number of hydrogen-bond acceptors (Lipinski definition) is 6. The lowest BCUT2D eigenvalue weighted by atomic mass is 10.5. The van der Waals surface area contributed by atoms with Gasteiger partial charge in [0, 0.05) is 7.05 Å². The number of carbonyl (C=O) groups excluding carboxylic acids is 1. The number of aryl methyl sites for hydroxylation is 3. The molecule has 7 nitrogen and oxygen atoms in total. The minimum Gasteiger partial charge on any atom is -1.00 e. The maximum Gasteiger partial charge on any atom is 0.317 e. The van der Waals surface area contributed by atoms with Crippen LogP contribution in [0.2, 0.25) is 0 Å². The number of hydrogen-bond donors (Lipinski definition) is 0. The van der Waals surface area contributed by atoms with Crippen molar-refractivity contribution in [2.24, 2.45) is 21.1 Å². The van der Waals surface area contributed by atoms with E-state index in [1.165, 1.54) is 23.5 Å². The van der Waals surface area contributed by atoms with E-state index >= 15 is 0 Å². The fourth-order valence-corrected chi connectivity index (χ4v) is 3.22. The molecule has 0 N–H and O–H groups in total. The third-order valence-corrected chi connectivity index (χ3v) is 4.79. The first-order valence-electron chi connectivity index (χ1n) is 5.58. The lowest BCUT2D eigenvalue weighted by Gasteiger charge is -1.99. The van der Waals surface area contributed by atoms with Gasteiger partial charge < -0.3 is 12.4 Å². The Bertz CT molecular complexity index is 565. The van der Waals surface area contributed by atoms with Gasteiger partial charge in [0.05, 0.1) is 25.6 Å². The highest BCUT2D eigenvalue weighted by molar-refractivity contribution is 8.01. The van der Waals surface area contributed by atoms with E-state index in [1.54, 1.807) is 11.7 Å². The molecule has 0 fully saturated rings. The van der Waals surface area contributed by atoms with Gasteiger partial charge in [-0.05, 0) is 22.2 Å². The number of rotatable bonds is 6. The summed E-state index contributed by atoms with van der Waals surface area (Å²) in [5.41, 5.74) is 0. The quantitative estimate of drug-likeness (QED) is 0.410. The highest BCUT2D eigenvalue weighted by Gasteiger charge is 2.15. The molecule has 2 aromatic heterocycles. The van der Waals surface area contributed by atoms with E-state index < -0.39 is 0 Å². The molecule has 2 aromatic rings. The summed E-state index contributed by atoms with van der Waals surface area (Å²) >= 11 is 2.89. The van der Waals surface area contributed by atoms with Crippen molar-refractivity contribution in [3.8, 4) is 0 Å². The summed E-state index contributed by atoms with van der Waals surface area (Å²) in [5.74, 6) is 0.999. The number of ketones is 1. The predicted octanol–water partition coefficient (Wildman–Crippen LogP) is -3.17. The van der Waals surface area contributed by atoms with E-state index in [9.17, 15) is 4.79 Å². The van der Waals surface area contributed by atoms with Gasteiger partial charge in [0.2, 0.25) is 5.16 Å². The molecule has 0 saturated carbocycles. The highest BCUT2D eigenvalue weighted by Crippen LogP contribution is 2.16. The van der Waals surface area contributed by atoms with Crippen molar-refractivity contribution in [2.45, 2.75) is 10.3 Å². The molecule has 0 aromatic carbocycles. The molecule has 0 atom stereocenters. The van der Waals surface area contributed by atoms with Gasteiger partial charge in [-0.25, -0.2) is 13.8 Å². The topological polar surface area (TPSA) is 69.5 Å². The van der Waals surface area contributed by atoms with Crippen molar-refractivity contribution in [3.63, 3.8) is 0 Å². The third-order valence-electron chi connectivity index (χ3n) is 2.42. The van der Waals surface area contributed by atoms with Crippen LogP contribution in [-0.4, -0.2) is 42.1 Å². The van der Waals surface area contributed by atoms with Gasteiger partial charge in [0.25, 0.3) is 0 Å². The number of halogens is 1. The Morgan fingerprint density at radius 1 is 1.35 bits per heavy atom. The summed E-state index contributed by atoms with van der Waals surface area (Å²) in [7, 11) is 5.69. The maximum absolute atomic E-state index is 11.8. The van der Waals surface area contributed by atoms with Crippen LogP contribution in [0.4, 0.5) is 0 Å². The number of carbonyl (C=O) groups is 1. The Hall–Kier alpha value is -1.06. The first-order valence-corrected chi connectivity index (χ1v) is 7.55. The molecule has 0 aliphatic rings. The SMILES string of the molecule is Cn1cc[n+](C)c1SCC(=O)CSc1nnnn1C.[Cl-]. The molecule has 0 bridgehead atoms. The molecule has 110 valence electrons. The molecular formula is C10H15ClN6OS2. The number of tetrazole rings is 1. The Balaban J connectivity index is 0.00000200. The lowest BCUT2D eigenvalue weighted by molar-refractivity contribution is -0.709. The average molecular weight is 335 g/mol. The summed E-state index contributed by atoms with van der Waals surface area (Å²) in [6.07, 6.45) is 3.93. The van der Waals surface area contributed by atoms with Gasteiger partial charge >= 0.3 is 5.16 Å². The summed E-state index contributed by atoms with van der Waals surface area (Å²) in [4.78, 5) is 11.8. The molecule has 0 aliphatic heterocycles. The first-order chi connectivity index (χ1) is 9.08. The van der Waals surface area contributed by atoms with Crippen molar-refractivity contribution < 1.29 is 21.8 Å². The molecule has 0 saturated heterocycles. The Morgan fingerprint density at radius 2 is 2.05 bits per heavy atom. The van der Waals surface area contributed by atoms with Gasteiger partial charge in [-0.15, -0.1) is 5.10 Å². The minimum absolute atomic E-state index is 0. The molecular weight excluding hydrogens is 320 g/mol. The van der Waals surface area contributed by atoms with E-state index in [-0.39, 0.29) is 18.2 Å². The van der Waals surface area contributed by atoms with Crippen LogP contribution < -0.4 is 17.0 Å². The molecule has 10 heteroatoms. The van der Waals surface area contributed by atoms with Crippen molar-refractivity contribution in [2.75, 3.05) is 11.5 Å². The number of imidazole rings is 1. The molecule has 2 heterocycles. The number of thioether (sulfide) groups is 2. The standard InChI is InChI=1S/C10H15N6OS2.ClH/c1-14-4-5-15(2)10(14)19-7-8(17)6-18-9-11-12-13-16(9)3;/h4-5H,6-7H2,1-3H3;1H/q+1;/p-1. The van der Waals surface area contributed by atoms with Crippen LogP contribution in [0, 0.1) is 0 Å². The number of nitrogens with zero attached hydrogens (tertiary/aromatic N) is 6. The van der Waals surface area contributed by atoms with Gasteiger partial charge in [0.1, 0.15) is 12.4 Å². The smallest absolute Gasteiger partial charge is 0.317 e. The highest BCUT2D eigenvalue weighted by atomic mass is 35.5. The van der Waals surface area contributed by atoms with Crippen LogP contribution in [0.15, 0.2) is 22.7 Å². The van der Waals surface area contributed by atoms with Gasteiger partial charge in [-0.3, -0.25) is 4.79 Å². The second kappa shape index (κ2) is 7.65. The Kier molecular flexibility index (Phi) is 6.50. The van der Waals surface area contributed by atoms with Crippen LogP contribution in [0.5, 0.6) is 0 Å². The third kappa shape index (κ3) is 4.22. The fraction of sp³-hybridized carbons (Fsp3) is 0.500. The van der Waals surface area contributed by atoms with Crippen LogP contribution in [0.3, 0.4) is 0 Å². The zero-order chi connectivity index (χ0) is 13.8. The Labute approximate surface area is 131 Å². The van der Waals surface area contributed by atoms with Crippen molar-refractivity contribution >= 4 is 29.3 Å². The average Bonchev–Trinajstić information content (AvgIpc) is 2.92. The van der Waals surface area contributed by atoms with E-state index in [0.29, 0.717) is 16.7 Å². The van der Waals surface area contributed by atoms with Crippen LogP contribution in [0.1, 0.15) is 0 Å². The lowest BCUT2D eigenvalue weighted by Crippen LogP contribution is -3.00. The van der Waals surface area contributed by atoms with Crippen LogP contribution in [0.25, 0.3) is 0 Å². The molecule has 20 heavy (non-hydrogen) atoms. The fourth-order valence-electron chi connectivity index (χ4n) is 1.46. The van der Waals surface area contributed by atoms with Gasteiger partial charge in [-0.1, -0.05) is 11.8 Å². The van der Waals surface area contributed by atoms with E-state index in [4.69, 9.17) is 0 Å². The van der Waals surface area contributed by atoms with Crippen LogP contribution >= 0.6 is 23.5 Å². The summed E-state index contributed by atoms with van der Waals surface area (Å²) < 4.78 is 5.55. The largest absolute Gasteiger partial charge is 1.00 e. The second-order valence-electron chi connectivity index (χ2n) is 4.00. The zero-order valence-corrected chi connectivity index (χ0v) is 13.7. The summed E-state index contributed by atoms with van der Waals surface area (Å²) in [6.45, 7) is 0. The molecule has 0 spiro atoms. The normalized spacial score (nSPS) is 10.3. The Morgan fingerprint density at radius 3 is 2.60 bits per heavy atom. The second-order valence-corrected chi connectivity index (χ2v) is 5.89. The molecule has 2 rings (SSSR count). The van der Waals surface area contributed by atoms with Gasteiger partial charge in [0.15, 0.2) is 5.78 Å². The van der Waals surface area contributed by atoms with Crippen LogP contribution in [-0.2, 0) is 25.9 Å². The predicted molar refractivity (Wildman–Crippen MR) is 71.8 cm³/mol. The maximum atomic E-state index is 11.8. The molecule has 0 unspecified atom stereocenters. The van der Waals surface area contributed by atoms with Crippen molar-refractivity contribution in [1.29, 1.82) is 0 Å². The van der Waals surface area contributed by atoms with Crippen molar-refractivity contribution in [3.05, 3.63) is 12.4 Å². The van der Waals surface area contributed by atoms with E-state index in [1.807, 2.05) is 35.6 Å². The minimum atomic E-state index is 0. The molecule has 0 radical (unpaired) electrons. The molecule has 0 aliphatic carbocycles. The summed E-state index contributed by atoms with van der Waals surface area (Å²) in [6, 6.07) is 0. The first kappa shape index (κ1) is 17.0. The van der Waals surface area contributed by atoms with E-state index in [2.05, 4.69) is 15.5 Å². The number of Topliss-reactive ketones (excluding diaryl/α,β-unsaturated/α-hetero) is 1. The number of aromatic nitrogens is 6.